The number of amides is 1. The third kappa shape index (κ3) is 5.05. The molecule has 3 aromatic rings. The van der Waals surface area contributed by atoms with Crippen molar-refractivity contribution in [3.63, 3.8) is 0 Å². The molecule has 1 amide bonds. The van der Waals surface area contributed by atoms with E-state index in [0.717, 1.165) is 33.1 Å². The highest BCUT2D eigenvalue weighted by atomic mass is 32.1. The van der Waals surface area contributed by atoms with E-state index >= 15 is 0 Å². The van der Waals surface area contributed by atoms with Gasteiger partial charge >= 0.3 is 0 Å². The van der Waals surface area contributed by atoms with Gasteiger partial charge in [0.1, 0.15) is 5.01 Å². The number of fused-ring (bicyclic) bond motifs is 1. The summed E-state index contributed by atoms with van der Waals surface area (Å²) in [5, 5.41) is 4.23. The molecule has 0 saturated heterocycles. The molecule has 2 aromatic carbocycles. The van der Waals surface area contributed by atoms with Crippen molar-refractivity contribution in [3.05, 3.63) is 53.5 Å². The van der Waals surface area contributed by atoms with Crippen LogP contribution >= 0.6 is 23.6 Å². The minimum absolute atomic E-state index is 0.0905. The van der Waals surface area contributed by atoms with Crippen LogP contribution in [0.25, 0.3) is 10.2 Å². The largest absolute Gasteiger partial charge is 0.475 e. The van der Waals surface area contributed by atoms with Gasteiger partial charge in [-0.25, -0.2) is 4.98 Å². The zero-order valence-electron chi connectivity index (χ0n) is 16.1. The lowest BCUT2D eigenvalue weighted by molar-refractivity contribution is -0.114. The Morgan fingerprint density at radius 2 is 2.04 bits per heavy atom. The Bertz CT molecular complexity index is 953. The molecule has 28 heavy (non-hydrogen) atoms. The zero-order chi connectivity index (χ0) is 20.1. The molecule has 0 radical (unpaired) electrons. The minimum atomic E-state index is -0.265. The molecule has 146 valence electrons. The molecule has 0 aliphatic heterocycles. The molecule has 1 aromatic heterocycles. The van der Waals surface area contributed by atoms with Crippen LogP contribution in [0.3, 0.4) is 0 Å². The van der Waals surface area contributed by atoms with E-state index < -0.39 is 0 Å². The number of thiazole rings is 1. The van der Waals surface area contributed by atoms with Crippen molar-refractivity contribution in [1.82, 2.24) is 4.98 Å². The Morgan fingerprint density at radius 1 is 1.25 bits per heavy atom. The third-order valence-electron chi connectivity index (χ3n) is 4.19. The summed E-state index contributed by atoms with van der Waals surface area (Å²) in [6.45, 7) is 6.76. The molecule has 0 aliphatic rings. The van der Waals surface area contributed by atoms with Gasteiger partial charge in [0.05, 0.1) is 16.8 Å². The number of carbonyl (C=O) groups is 1. The Labute approximate surface area is 174 Å². The molecule has 0 saturated carbocycles. The van der Waals surface area contributed by atoms with Crippen LogP contribution in [0.2, 0.25) is 0 Å². The number of hydrogen-bond donors (Lipinski definition) is 1. The van der Waals surface area contributed by atoms with E-state index in [1.807, 2.05) is 42.5 Å². The first kappa shape index (κ1) is 20.2. The summed E-state index contributed by atoms with van der Waals surface area (Å²) in [7, 11) is 0. The van der Waals surface area contributed by atoms with Crippen LogP contribution in [0.4, 0.5) is 11.4 Å². The van der Waals surface area contributed by atoms with Crippen molar-refractivity contribution < 1.29 is 9.53 Å². The van der Waals surface area contributed by atoms with E-state index in [9.17, 15) is 4.79 Å². The van der Waals surface area contributed by atoms with E-state index in [4.69, 9.17) is 21.9 Å². The lowest BCUT2D eigenvalue weighted by atomic mass is 10.2. The molecule has 0 bridgehead atoms. The number of thiocarbonyl (C=S) groups is 1. The zero-order valence-corrected chi connectivity index (χ0v) is 17.8. The molecule has 0 fully saturated rings. The van der Waals surface area contributed by atoms with E-state index in [-0.39, 0.29) is 12.0 Å². The lowest BCUT2D eigenvalue weighted by Gasteiger charge is -2.28. The van der Waals surface area contributed by atoms with Crippen molar-refractivity contribution in [1.29, 1.82) is 0 Å². The second-order valence-corrected chi connectivity index (χ2v) is 8.03. The molecule has 1 N–H and O–H groups in total. The van der Waals surface area contributed by atoms with Crippen LogP contribution in [-0.4, -0.2) is 29.0 Å². The number of hydrogen-bond acceptors (Lipinski definition) is 6. The Balaban J connectivity index is 1.88. The Kier molecular flexibility index (Phi) is 6.59. The first-order valence-electron chi connectivity index (χ1n) is 9.11. The van der Waals surface area contributed by atoms with E-state index in [1.165, 1.54) is 6.92 Å². The fourth-order valence-corrected chi connectivity index (χ4v) is 4.10. The standard InChI is InChI=1S/C21H23N3O2S2/c1-4-24(17-9-7-8-16(12-17)22-14(2)25)13-19(26-15(3)27)21-23-18-10-5-6-11-20(18)28-21/h5-12,19H,4,13H2,1-3H3,(H,22,25). The number of likely N-dealkylation sites (N-methyl/N-ethyl adjacent to an activating group) is 1. The molecule has 5 nitrogen and oxygen atoms in total. The number of nitrogens with zero attached hydrogens (tertiary/aromatic N) is 2. The fraction of sp³-hybridized carbons (Fsp3) is 0.286. The predicted octanol–water partition coefficient (Wildman–Crippen LogP) is 5.19. The van der Waals surface area contributed by atoms with Crippen molar-refractivity contribution in [2.75, 3.05) is 23.3 Å². The number of para-hydroxylation sites is 1. The molecule has 0 spiro atoms. The average molecular weight is 414 g/mol. The van der Waals surface area contributed by atoms with Gasteiger partial charge < -0.3 is 15.0 Å². The van der Waals surface area contributed by atoms with Gasteiger partial charge in [-0.3, -0.25) is 4.79 Å². The molecule has 1 heterocycles. The molecular weight excluding hydrogens is 390 g/mol. The molecule has 3 rings (SSSR count). The lowest BCUT2D eigenvalue weighted by Crippen LogP contribution is -2.30. The van der Waals surface area contributed by atoms with Crippen LogP contribution in [0.5, 0.6) is 0 Å². The predicted molar refractivity (Wildman–Crippen MR) is 120 cm³/mol. The number of aromatic nitrogens is 1. The summed E-state index contributed by atoms with van der Waals surface area (Å²) in [6, 6.07) is 15.9. The van der Waals surface area contributed by atoms with Gasteiger partial charge in [-0.1, -0.05) is 18.2 Å². The molecule has 7 heteroatoms. The quantitative estimate of drug-likeness (QED) is 0.541. The third-order valence-corrected chi connectivity index (χ3v) is 5.42. The monoisotopic (exact) mass is 413 g/mol. The van der Waals surface area contributed by atoms with Gasteiger partial charge in [-0.05, 0) is 49.5 Å². The van der Waals surface area contributed by atoms with Gasteiger partial charge in [-0.2, -0.15) is 0 Å². The summed E-state index contributed by atoms with van der Waals surface area (Å²) in [5.74, 6) is -0.0905. The van der Waals surface area contributed by atoms with Crippen molar-refractivity contribution in [2.24, 2.45) is 0 Å². The second-order valence-electron chi connectivity index (χ2n) is 6.39. The summed E-state index contributed by atoms with van der Waals surface area (Å²) in [5.41, 5.74) is 2.74. The van der Waals surface area contributed by atoms with Gasteiger partial charge in [0.2, 0.25) is 5.91 Å². The number of benzene rings is 2. The summed E-state index contributed by atoms with van der Waals surface area (Å²) in [6.07, 6.45) is -0.265. The number of anilines is 2. The number of ether oxygens (including phenoxy) is 1. The maximum absolute atomic E-state index is 11.4. The molecule has 0 aliphatic carbocycles. The van der Waals surface area contributed by atoms with Crippen molar-refractivity contribution in [2.45, 2.75) is 26.9 Å². The highest BCUT2D eigenvalue weighted by molar-refractivity contribution is 7.80. The number of carbonyl (C=O) groups excluding carboxylic acids is 1. The van der Waals surface area contributed by atoms with E-state index in [2.05, 4.69) is 23.2 Å². The highest BCUT2D eigenvalue weighted by Crippen LogP contribution is 2.31. The topological polar surface area (TPSA) is 54.5 Å². The van der Waals surface area contributed by atoms with Crippen LogP contribution in [0.15, 0.2) is 48.5 Å². The van der Waals surface area contributed by atoms with Crippen molar-refractivity contribution >= 4 is 56.1 Å². The second kappa shape index (κ2) is 9.12. The van der Waals surface area contributed by atoms with Crippen LogP contribution in [0, 0.1) is 0 Å². The Morgan fingerprint density at radius 3 is 2.71 bits per heavy atom. The van der Waals surface area contributed by atoms with E-state index in [0.29, 0.717) is 11.6 Å². The SMILES string of the molecule is CCN(CC(OC(C)=S)c1nc2ccccc2s1)c1cccc(NC(C)=O)c1. The van der Waals surface area contributed by atoms with Crippen LogP contribution < -0.4 is 10.2 Å². The van der Waals surface area contributed by atoms with Crippen molar-refractivity contribution in [3.8, 4) is 0 Å². The smallest absolute Gasteiger partial charge is 0.221 e. The fourth-order valence-electron chi connectivity index (χ4n) is 2.99. The average Bonchev–Trinajstić information content (AvgIpc) is 3.08. The Hall–Kier alpha value is -2.51. The minimum Gasteiger partial charge on any atom is -0.475 e. The normalized spacial score (nSPS) is 11.8. The number of rotatable bonds is 7. The number of nitrogens with one attached hydrogen (secondary N) is 1. The van der Waals surface area contributed by atoms with Gasteiger partial charge in [0, 0.05) is 31.8 Å². The summed E-state index contributed by atoms with van der Waals surface area (Å²) in [4.78, 5) is 18.3. The van der Waals surface area contributed by atoms with Crippen LogP contribution in [-0.2, 0) is 9.53 Å². The first-order chi connectivity index (χ1) is 13.5. The molecule has 1 unspecified atom stereocenters. The highest BCUT2D eigenvalue weighted by Gasteiger charge is 2.22. The van der Waals surface area contributed by atoms with Gasteiger partial charge in [0.25, 0.3) is 0 Å². The van der Waals surface area contributed by atoms with Crippen LogP contribution in [0.1, 0.15) is 31.9 Å². The van der Waals surface area contributed by atoms with Gasteiger partial charge in [-0.15, -0.1) is 11.3 Å². The summed E-state index contributed by atoms with van der Waals surface area (Å²) < 4.78 is 7.11. The maximum atomic E-state index is 11.4. The van der Waals surface area contributed by atoms with Gasteiger partial charge in [0.15, 0.2) is 11.2 Å². The maximum Gasteiger partial charge on any atom is 0.221 e. The first-order valence-corrected chi connectivity index (χ1v) is 10.3. The van der Waals surface area contributed by atoms with E-state index in [1.54, 1.807) is 18.3 Å². The molecular formula is C21H23N3O2S2. The molecule has 1 atom stereocenters. The summed E-state index contributed by atoms with van der Waals surface area (Å²) >= 11 is 6.84.